The molecule has 3 nitrogen and oxygen atoms in total. The van der Waals surface area contributed by atoms with Gasteiger partial charge >= 0.3 is 0 Å². The molecule has 5 N–H and O–H groups in total. The molecule has 0 bridgehead atoms. The van der Waals surface area contributed by atoms with Crippen LogP contribution in [0.2, 0.25) is 0 Å². The third-order valence-electron chi connectivity index (χ3n) is 9.54. The van der Waals surface area contributed by atoms with Crippen LogP contribution in [0.15, 0.2) is 146 Å². The maximum Gasteiger partial charge on any atom is -0.00139 e. The summed E-state index contributed by atoms with van der Waals surface area (Å²) < 4.78 is 0. The van der Waals surface area contributed by atoms with Crippen LogP contribution in [-0.4, -0.2) is 0 Å². The summed E-state index contributed by atoms with van der Waals surface area (Å²) in [6.07, 6.45) is 0. The first kappa shape index (κ1) is 35.3. The minimum atomic E-state index is 1.21. The van der Waals surface area contributed by atoms with Crippen LogP contribution < -0.4 is 17.2 Å². The lowest BCUT2D eigenvalue weighted by Crippen LogP contribution is -2.29. The van der Waals surface area contributed by atoms with Gasteiger partial charge in [-0.05, 0) is 108 Å². The molecule has 254 valence electrons. The Balaban J connectivity index is 0.00000144. The number of benzene rings is 7. The smallest absolute Gasteiger partial charge is 0.00139 e. The first-order valence-corrected chi connectivity index (χ1v) is 17.5. The second-order valence-corrected chi connectivity index (χ2v) is 13.6. The predicted octanol–water partition coefficient (Wildman–Crippen LogP) is 11.9. The Hall–Kier alpha value is -5.58. The highest BCUT2D eigenvalue weighted by atomic mass is 15.4. The standard InChI is InChI=1S/C48H42.H5N3/c1-31-7-19-37(20-8-31)43-44(38-21-9-32(2)10-22-38)46(40-25-13-34(4)14-26-40)48(42-29-17-36(6)18-30-42)47(41-27-15-35(5)16-28-41)45(43)39-23-11-33(3)12-24-39;1-3-2/h7-30H,1-6H3;3H,1-2H2. The highest BCUT2D eigenvalue weighted by molar-refractivity contribution is 6.15. The molecule has 3 heteroatoms. The number of hydrazine groups is 2. The molecular formula is C48H47N3. The van der Waals surface area contributed by atoms with Gasteiger partial charge in [-0.1, -0.05) is 179 Å². The van der Waals surface area contributed by atoms with Crippen LogP contribution in [0.3, 0.4) is 0 Å². The van der Waals surface area contributed by atoms with Crippen molar-refractivity contribution in [2.75, 3.05) is 0 Å². The van der Waals surface area contributed by atoms with Crippen molar-refractivity contribution < 1.29 is 0 Å². The number of hydrogen-bond donors (Lipinski definition) is 3. The number of nitrogens with one attached hydrogen (secondary N) is 1. The Morgan fingerprint density at radius 2 is 0.333 bits per heavy atom. The normalized spacial score (nSPS) is 10.8. The first-order chi connectivity index (χ1) is 24.7. The lowest BCUT2D eigenvalue weighted by molar-refractivity contribution is 0.803. The molecule has 0 aliphatic carbocycles. The van der Waals surface area contributed by atoms with E-state index in [1.165, 1.54) is 100 Å². The Kier molecular flexibility index (Phi) is 10.7. The number of nitrogens with two attached hydrogens (primary N) is 2. The molecule has 0 atom stereocenters. The predicted molar refractivity (Wildman–Crippen MR) is 219 cm³/mol. The summed E-state index contributed by atoms with van der Waals surface area (Å²) in [5, 5.41) is 0. The van der Waals surface area contributed by atoms with Gasteiger partial charge in [-0.15, -0.1) is 0 Å². The van der Waals surface area contributed by atoms with E-state index in [9.17, 15) is 0 Å². The molecule has 0 fully saturated rings. The molecule has 0 radical (unpaired) electrons. The van der Waals surface area contributed by atoms with Gasteiger partial charge in [0.2, 0.25) is 0 Å². The summed E-state index contributed by atoms with van der Waals surface area (Å²) >= 11 is 0. The van der Waals surface area contributed by atoms with Crippen molar-refractivity contribution in [3.05, 3.63) is 179 Å². The average molecular weight is 666 g/mol. The van der Waals surface area contributed by atoms with Gasteiger partial charge in [0.1, 0.15) is 0 Å². The Morgan fingerprint density at radius 3 is 0.431 bits per heavy atom. The Morgan fingerprint density at radius 1 is 0.235 bits per heavy atom. The van der Waals surface area contributed by atoms with Gasteiger partial charge in [0.25, 0.3) is 0 Å². The summed E-state index contributed by atoms with van der Waals surface area (Å²) in [5.74, 6) is 8.75. The van der Waals surface area contributed by atoms with Crippen molar-refractivity contribution in [1.29, 1.82) is 0 Å². The molecule has 7 aromatic rings. The molecule has 0 saturated heterocycles. The van der Waals surface area contributed by atoms with E-state index in [0.29, 0.717) is 0 Å². The van der Waals surface area contributed by atoms with E-state index < -0.39 is 0 Å². The molecule has 0 heterocycles. The second-order valence-electron chi connectivity index (χ2n) is 13.6. The quantitative estimate of drug-likeness (QED) is 0.122. The minimum absolute atomic E-state index is 1.21. The Bertz CT molecular complexity index is 1790. The van der Waals surface area contributed by atoms with Crippen LogP contribution in [0.4, 0.5) is 0 Å². The summed E-state index contributed by atoms with van der Waals surface area (Å²) in [6, 6.07) is 54.7. The van der Waals surface area contributed by atoms with Crippen molar-refractivity contribution in [3.8, 4) is 66.8 Å². The summed E-state index contributed by atoms with van der Waals surface area (Å²) in [6.45, 7) is 13.0. The fourth-order valence-electron chi connectivity index (χ4n) is 6.80. The molecule has 0 amide bonds. The van der Waals surface area contributed by atoms with Crippen LogP contribution >= 0.6 is 0 Å². The molecule has 7 rings (SSSR count). The third kappa shape index (κ3) is 7.62. The maximum atomic E-state index is 4.38. The third-order valence-corrected chi connectivity index (χ3v) is 9.54. The molecule has 51 heavy (non-hydrogen) atoms. The molecule has 0 spiro atoms. The van der Waals surface area contributed by atoms with Crippen molar-refractivity contribution in [3.63, 3.8) is 0 Å². The summed E-state index contributed by atoms with van der Waals surface area (Å²) in [4.78, 5) is 0. The lowest BCUT2D eigenvalue weighted by atomic mass is 9.74. The maximum absolute atomic E-state index is 4.38. The molecule has 0 aliphatic heterocycles. The van der Waals surface area contributed by atoms with Crippen LogP contribution in [0.1, 0.15) is 33.4 Å². The van der Waals surface area contributed by atoms with E-state index in [-0.39, 0.29) is 0 Å². The molecule has 7 aromatic carbocycles. The topological polar surface area (TPSA) is 64.1 Å². The SMILES string of the molecule is Cc1ccc(-c2c(-c3ccc(C)cc3)c(-c3ccc(C)cc3)c(-c3ccc(C)cc3)c(-c3ccc(C)cc3)c2-c2ccc(C)cc2)cc1.NNN. The van der Waals surface area contributed by atoms with Crippen LogP contribution in [-0.2, 0) is 0 Å². The highest BCUT2D eigenvalue weighted by Gasteiger charge is 2.29. The zero-order chi connectivity index (χ0) is 36.1. The van der Waals surface area contributed by atoms with E-state index in [4.69, 9.17) is 0 Å². The molecule has 0 aromatic heterocycles. The highest BCUT2D eigenvalue weighted by Crippen LogP contribution is 2.56. The van der Waals surface area contributed by atoms with Crippen molar-refractivity contribution in [2.24, 2.45) is 11.7 Å². The monoisotopic (exact) mass is 665 g/mol. The van der Waals surface area contributed by atoms with E-state index in [0.717, 1.165) is 0 Å². The average Bonchev–Trinajstić information content (AvgIpc) is 3.13. The van der Waals surface area contributed by atoms with Gasteiger partial charge in [0.15, 0.2) is 0 Å². The molecule has 0 saturated carbocycles. The number of aryl methyl sites for hydroxylation is 6. The van der Waals surface area contributed by atoms with Gasteiger partial charge in [-0.25, -0.2) is 0 Å². The van der Waals surface area contributed by atoms with Gasteiger partial charge in [-0.3, -0.25) is 11.7 Å². The fourth-order valence-corrected chi connectivity index (χ4v) is 6.80. The van der Waals surface area contributed by atoms with Crippen LogP contribution in [0.5, 0.6) is 0 Å². The van der Waals surface area contributed by atoms with E-state index in [1.807, 2.05) is 0 Å². The largest absolute Gasteiger partial charge is 0.258 e. The van der Waals surface area contributed by atoms with E-state index >= 15 is 0 Å². The minimum Gasteiger partial charge on any atom is -0.258 e. The molecule has 0 unspecified atom stereocenters. The van der Waals surface area contributed by atoms with E-state index in [2.05, 4.69) is 199 Å². The van der Waals surface area contributed by atoms with E-state index in [1.54, 1.807) is 5.53 Å². The van der Waals surface area contributed by atoms with Crippen molar-refractivity contribution >= 4 is 0 Å². The van der Waals surface area contributed by atoms with Gasteiger partial charge < -0.3 is 0 Å². The van der Waals surface area contributed by atoms with Gasteiger partial charge in [0.05, 0.1) is 0 Å². The molecular weight excluding hydrogens is 619 g/mol. The zero-order valence-corrected chi connectivity index (χ0v) is 30.5. The first-order valence-electron chi connectivity index (χ1n) is 17.5. The van der Waals surface area contributed by atoms with Crippen LogP contribution in [0.25, 0.3) is 66.8 Å². The van der Waals surface area contributed by atoms with Crippen molar-refractivity contribution in [2.45, 2.75) is 41.5 Å². The molecule has 0 aliphatic rings. The zero-order valence-electron chi connectivity index (χ0n) is 30.5. The van der Waals surface area contributed by atoms with Gasteiger partial charge in [-0.2, -0.15) is 5.53 Å². The summed E-state index contributed by atoms with van der Waals surface area (Å²) in [5.41, 5.74) is 24.1. The van der Waals surface area contributed by atoms with Gasteiger partial charge in [0, 0.05) is 0 Å². The van der Waals surface area contributed by atoms with Crippen molar-refractivity contribution in [1.82, 2.24) is 5.53 Å². The number of rotatable bonds is 6. The lowest BCUT2D eigenvalue weighted by Gasteiger charge is -2.29. The summed E-state index contributed by atoms with van der Waals surface area (Å²) in [7, 11) is 0. The Labute approximate surface area is 303 Å². The second kappa shape index (κ2) is 15.5. The van der Waals surface area contributed by atoms with Crippen LogP contribution in [0, 0.1) is 41.5 Å². The number of hydrogen-bond acceptors (Lipinski definition) is 3. The fraction of sp³-hybridized carbons (Fsp3) is 0.125.